The highest BCUT2D eigenvalue weighted by molar-refractivity contribution is 7.07. The van der Waals surface area contributed by atoms with Gasteiger partial charge >= 0.3 is 0 Å². The quantitative estimate of drug-likeness (QED) is 0.658. The lowest BCUT2D eigenvalue weighted by molar-refractivity contribution is -0.123. The molecule has 6 nitrogen and oxygen atoms in total. The van der Waals surface area contributed by atoms with Gasteiger partial charge in [-0.1, -0.05) is 29.3 Å². The van der Waals surface area contributed by atoms with E-state index in [2.05, 4.69) is 10.3 Å². The van der Waals surface area contributed by atoms with E-state index in [0.29, 0.717) is 22.1 Å². The topological polar surface area (TPSA) is 71.5 Å². The summed E-state index contributed by atoms with van der Waals surface area (Å²) in [7, 11) is 0. The summed E-state index contributed by atoms with van der Waals surface area (Å²) >= 11 is 13.6. The Balaban J connectivity index is 1.59. The Morgan fingerprint density at radius 3 is 2.93 bits per heavy atom. The van der Waals surface area contributed by atoms with Crippen LogP contribution in [0.3, 0.4) is 0 Å². The number of ether oxygens (including phenoxy) is 1. The molecule has 0 unspecified atom stereocenters. The van der Waals surface area contributed by atoms with Gasteiger partial charge in [-0.15, -0.1) is 11.3 Å². The zero-order valence-electron chi connectivity index (χ0n) is 14.3. The molecule has 0 spiro atoms. The fourth-order valence-electron chi connectivity index (χ4n) is 2.82. The van der Waals surface area contributed by atoms with Gasteiger partial charge in [0.25, 0.3) is 5.91 Å². The van der Waals surface area contributed by atoms with E-state index in [9.17, 15) is 9.59 Å². The molecular weight excluding hydrogens is 421 g/mol. The number of fused-ring (bicyclic) bond motifs is 1. The maximum Gasteiger partial charge on any atom is 0.265 e. The molecular formula is C19H13Cl2N3O3S. The van der Waals surface area contributed by atoms with Crippen molar-refractivity contribution in [3.05, 3.63) is 57.3 Å². The predicted molar refractivity (Wildman–Crippen MR) is 110 cm³/mol. The third-order valence-electron chi connectivity index (χ3n) is 4.16. The number of hydrogen-bond acceptors (Lipinski definition) is 5. The molecule has 0 aliphatic carbocycles. The Morgan fingerprint density at radius 1 is 1.29 bits per heavy atom. The summed E-state index contributed by atoms with van der Waals surface area (Å²) in [6.45, 7) is -0.313. The van der Waals surface area contributed by atoms with Gasteiger partial charge in [0.05, 0.1) is 32.6 Å². The summed E-state index contributed by atoms with van der Waals surface area (Å²) in [6, 6.07) is 10.4. The van der Waals surface area contributed by atoms with Crippen LogP contribution in [0.2, 0.25) is 10.0 Å². The number of nitrogens with zero attached hydrogens (tertiary/aromatic N) is 2. The van der Waals surface area contributed by atoms with Crippen molar-refractivity contribution in [1.82, 2.24) is 4.98 Å². The number of amides is 2. The molecule has 1 aliphatic heterocycles. The molecule has 0 bridgehead atoms. The number of nitrogens with one attached hydrogen (secondary N) is 1. The SMILES string of the molecule is O=C(CN1C(=O)COc2ccc(-c3cscn3)cc21)Nc1cccc(Cl)c1Cl. The second-order valence-electron chi connectivity index (χ2n) is 5.97. The highest BCUT2D eigenvalue weighted by Crippen LogP contribution is 2.36. The van der Waals surface area contributed by atoms with Gasteiger partial charge in [0.2, 0.25) is 5.91 Å². The molecule has 1 aliphatic rings. The number of aromatic nitrogens is 1. The number of anilines is 2. The molecule has 4 rings (SSSR count). The highest BCUT2D eigenvalue weighted by atomic mass is 35.5. The van der Waals surface area contributed by atoms with Gasteiger partial charge in [-0.05, 0) is 30.3 Å². The van der Waals surface area contributed by atoms with Crippen molar-refractivity contribution in [1.29, 1.82) is 0 Å². The minimum Gasteiger partial charge on any atom is -0.482 e. The van der Waals surface area contributed by atoms with Crippen LogP contribution in [0.15, 0.2) is 47.3 Å². The molecule has 0 atom stereocenters. The molecule has 0 saturated heterocycles. The molecule has 1 aromatic heterocycles. The summed E-state index contributed by atoms with van der Waals surface area (Å²) < 4.78 is 5.49. The maximum atomic E-state index is 12.6. The van der Waals surface area contributed by atoms with Gasteiger partial charge in [-0.3, -0.25) is 14.5 Å². The second kappa shape index (κ2) is 7.79. The van der Waals surface area contributed by atoms with Crippen molar-refractivity contribution in [3.63, 3.8) is 0 Å². The van der Waals surface area contributed by atoms with Gasteiger partial charge in [0.1, 0.15) is 12.3 Å². The number of hydrogen-bond donors (Lipinski definition) is 1. The van der Waals surface area contributed by atoms with E-state index in [1.807, 2.05) is 11.4 Å². The second-order valence-corrected chi connectivity index (χ2v) is 7.48. The summed E-state index contributed by atoms with van der Waals surface area (Å²) in [5.74, 6) is -0.174. The smallest absolute Gasteiger partial charge is 0.265 e. The minimum atomic E-state index is -0.399. The van der Waals surface area contributed by atoms with Crippen molar-refractivity contribution >= 4 is 57.7 Å². The molecule has 28 heavy (non-hydrogen) atoms. The number of carbonyl (C=O) groups excluding carboxylic acids is 2. The maximum absolute atomic E-state index is 12.6. The number of rotatable bonds is 4. The molecule has 2 heterocycles. The third kappa shape index (κ3) is 3.69. The summed E-state index contributed by atoms with van der Waals surface area (Å²) in [5, 5.41) is 5.18. The van der Waals surface area contributed by atoms with Crippen LogP contribution in [0.1, 0.15) is 0 Å². The number of benzene rings is 2. The largest absolute Gasteiger partial charge is 0.482 e. The summed E-state index contributed by atoms with van der Waals surface area (Å²) in [6.07, 6.45) is 0. The van der Waals surface area contributed by atoms with Gasteiger partial charge in [0, 0.05) is 10.9 Å². The Hall–Kier alpha value is -2.61. The van der Waals surface area contributed by atoms with Crippen molar-refractivity contribution in [2.45, 2.75) is 0 Å². The first-order chi connectivity index (χ1) is 13.5. The van der Waals surface area contributed by atoms with Crippen LogP contribution in [0.5, 0.6) is 5.75 Å². The number of thiazole rings is 1. The number of carbonyl (C=O) groups is 2. The molecule has 2 amide bonds. The fourth-order valence-corrected chi connectivity index (χ4v) is 3.73. The Morgan fingerprint density at radius 2 is 2.14 bits per heavy atom. The van der Waals surface area contributed by atoms with E-state index < -0.39 is 5.91 Å². The lowest BCUT2D eigenvalue weighted by atomic mass is 10.1. The molecule has 3 aromatic rings. The van der Waals surface area contributed by atoms with Gasteiger partial charge in [-0.2, -0.15) is 0 Å². The Bertz CT molecular complexity index is 1060. The molecule has 2 aromatic carbocycles. The average Bonchev–Trinajstić information content (AvgIpc) is 3.22. The van der Waals surface area contributed by atoms with Crippen LogP contribution in [0.25, 0.3) is 11.3 Å². The summed E-state index contributed by atoms with van der Waals surface area (Å²) in [4.78, 5) is 30.7. The van der Waals surface area contributed by atoms with E-state index in [-0.39, 0.29) is 24.1 Å². The monoisotopic (exact) mass is 433 g/mol. The van der Waals surface area contributed by atoms with Gasteiger partial charge < -0.3 is 10.1 Å². The lowest BCUT2D eigenvalue weighted by Crippen LogP contribution is -2.43. The highest BCUT2D eigenvalue weighted by Gasteiger charge is 2.28. The molecule has 0 fully saturated rings. The van der Waals surface area contributed by atoms with E-state index in [1.54, 1.807) is 35.8 Å². The minimum absolute atomic E-state index is 0.131. The van der Waals surface area contributed by atoms with Crippen LogP contribution in [-0.2, 0) is 9.59 Å². The Kier molecular flexibility index (Phi) is 5.21. The van der Waals surface area contributed by atoms with Crippen LogP contribution < -0.4 is 15.0 Å². The lowest BCUT2D eigenvalue weighted by Gasteiger charge is -2.29. The fraction of sp³-hybridized carbons (Fsp3) is 0.105. The van der Waals surface area contributed by atoms with Crippen LogP contribution in [-0.4, -0.2) is 29.9 Å². The molecule has 142 valence electrons. The van der Waals surface area contributed by atoms with E-state index in [0.717, 1.165) is 11.3 Å². The predicted octanol–water partition coefficient (Wildman–Crippen LogP) is 4.48. The van der Waals surface area contributed by atoms with Gasteiger partial charge in [0.15, 0.2) is 6.61 Å². The first kappa shape index (κ1) is 18.7. The molecule has 0 radical (unpaired) electrons. The molecule has 1 N–H and O–H groups in total. The van der Waals surface area contributed by atoms with Crippen molar-refractivity contribution in [2.24, 2.45) is 0 Å². The zero-order chi connectivity index (χ0) is 19.7. The first-order valence-electron chi connectivity index (χ1n) is 8.22. The molecule has 9 heteroatoms. The normalized spacial score (nSPS) is 13.1. The van der Waals surface area contributed by atoms with Crippen molar-refractivity contribution < 1.29 is 14.3 Å². The standard InChI is InChI=1S/C19H13Cl2N3O3S/c20-12-2-1-3-13(19(12)21)23-17(25)7-24-15-6-11(14-9-28-10-22-14)4-5-16(15)27-8-18(24)26/h1-6,9-10H,7-8H2,(H,23,25). The average molecular weight is 434 g/mol. The van der Waals surface area contributed by atoms with Crippen LogP contribution in [0.4, 0.5) is 11.4 Å². The van der Waals surface area contributed by atoms with Crippen molar-refractivity contribution in [2.75, 3.05) is 23.4 Å². The third-order valence-corrected chi connectivity index (χ3v) is 5.56. The van der Waals surface area contributed by atoms with Crippen molar-refractivity contribution in [3.8, 4) is 17.0 Å². The van der Waals surface area contributed by atoms with Crippen LogP contribution in [0, 0.1) is 0 Å². The number of halogens is 2. The van der Waals surface area contributed by atoms with E-state index in [4.69, 9.17) is 27.9 Å². The van der Waals surface area contributed by atoms with Gasteiger partial charge in [-0.25, -0.2) is 4.98 Å². The van der Waals surface area contributed by atoms with E-state index >= 15 is 0 Å². The van der Waals surface area contributed by atoms with Crippen LogP contribution >= 0.6 is 34.5 Å². The summed E-state index contributed by atoms with van der Waals surface area (Å²) in [5.41, 5.74) is 4.27. The zero-order valence-corrected chi connectivity index (χ0v) is 16.6. The molecule has 0 saturated carbocycles. The Labute approximate surface area is 174 Å². The first-order valence-corrected chi connectivity index (χ1v) is 9.92. The van der Waals surface area contributed by atoms with E-state index in [1.165, 1.54) is 16.2 Å².